The molecule has 2 heteroatoms. The minimum Gasteiger partial charge on any atom is -0.103 e. The summed E-state index contributed by atoms with van der Waals surface area (Å²) in [5, 5.41) is 0. The number of hydrogen-bond acceptors (Lipinski definition) is 0. The van der Waals surface area contributed by atoms with E-state index in [1.165, 1.54) is 11.1 Å². The van der Waals surface area contributed by atoms with Crippen LogP contribution in [0.4, 0.5) is 0 Å². The first kappa shape index (κ1) is 11.7. The molecule has 0 saturated heterocycles. The van der Waals surface area contributed by atoms with Crippen molar-refractivity contribution in [1.82, 2.24) is 0 Å². The van der Waals surface area contributed by atoms with E-state index in [0.29, 0.717) is 0 Å². The van der Waals surface area contributed by atoms with Gasteiger partial charge in [0.05, 0.1) is 3.39 Å². The van der Waals surface area contributed by atoms with Gasteiger partial charge in [-0.2, -0.15) is 0 Å². The summed E-state index contributed by atoms with van der Waals surface area (Å²) in [6.07, 6.45) is 6.08. The summed E-state index contributed by atoms with van der Waals surface area (Å²) in [6, 6.07) is 8.38. The van der Waals surface area contributed by atoms with Gasteiger partial charge < -0.3 is 0 Å². The lowest BCUT2D eigenvalue weighted by Gasteiger charge is -2.03. The summed E-state index contributed by atoms with van der Waals surface area (Å²) in [5.74, 6) is 0. The molecule has 0 fully saturated rings. The predicted molar refractivity (Wildman–Crippen MR) is 70.8 cm³/mol. The number of rotatable bonds is 4. The molecule has 0 N–H and O–H groups in total. The fraction of sp³-hybridized carbons (Fsp3) is 0.167. The van der Waals surface area contributed by atoms with Gasteiger partial charge in [-0.3, -0.25) is 0 Å². The lowest BCUT2D eigenvalue weighted by Crippen LogP contribution is -1.87. The molecule has 14 heavy (non-hydrogen) atoms. The normalized spacial score (nSPS) is 9.57. The van der Waals surface area contributed by atoms with E-state index < -0.39 is 0 Å². The Hall–Kier alpha value is -0.340. The molecule has 0 spiro atoms. The van der Waals surface area contributed by atoms with E-state index in [-0.39, 0.29) is 0 Å². The van der Waals surface area contributed by atoms with Gasteiger partial charge in [0, 0.05) is 0 Å². The SMILES string of the molecule is C=CCCc1ccccc1C=C(Br)Br. The van der Waals surface area contributed by atoms with Crippen molar-refractivity contribution in [3.05, 3.63) is 51.4 Å². The van der Waals surface area contributed by atoms with E-state index in [0.717, 1.165) is 16.2 Å². The summed E-state index contributed by atoms with van der Waals surface area (Å²) >= 11 is 6.74. The van der Waals surface area contributed by atoms with Gasteiger partial charge in [0.1, 0.15) is 0 Å². The van der Waals surface area contributed by atoms with Crippen LogP contribution in [-0.4, -0.2) is 0 Å². The second-order valence-corrected chi connectivity index (χ2v) is 5.73. The summed E-state index contributed by atoms with van der Waals surface area (Å²) < 4.78 is 0.969. The second kappa shape index (κ2) is 6.20. The highest BCUT2D eigenvalue weighted by Gasteiger charge is 1.98. The highest BCUT2D eigenvalue weighted by Crippen LogP contribution is 2.21. The zero-order valence-corrected chi connectivity index (χ0v) is 11.0. The third-order valence-corrected chi connectivity index (χ3v) is 2.40. The van der Waals surface area contributed by atoms with Crippen LogP contribution in [0.15, 0.2) is 40.3 Å². The Bertz CT molecular complexity index is 336. The van der Waals surface area contributed by atoms with E-state index in [4.69, 9.17) is 0 Å². The Balaban J connectivity index is 2.91. The Morgan fingerprint density at radius 1 is 1.29 bits per heavy atom. The lowest BCUT2D eigenvalue weighted by molar-refractivity contribution is 1.00. The van der Waals surface area contributed by atoms with E-state index in [9.17, 15) is 0 Å². The number of hydrogen-bond donors (Lipinski definition) is 0. The number of halogens is 2. The van der Waals surface area contributed by atoms with Gasteiger partial charge in [-0.1, -0.05) is 30.3 Å². The van der Waals surface area contributed by atoms with Crippen LogP contribution in [0.2, 0.25) is 0 Å². The first-order valence-corrected chi connectivity index (χ1v) is 6.04. The van der Waals surface area contributed by atoms with Crippen LogP contribution in [0.5, 0.6) is 0 Å². The maximum Gasteiger partial charge on any atom is 0.0610 e. The Labute approximate surface area is 102 Å². The van der Waals surface area contributed by atoms with Crippen molar-refractivity contribution >= 4 is 37.9 Å². The molecule has 1 aromatic rings. The summed E-state index contributed by atoms with van der Waals surface area (Å²) in [4.78, 5) is 0. The molecule has 1 rings (SSSR count). The highest BCUT2D eigenvalue weighted by molar-refractivity contribution is 9.28. The summed E-state index contributed by atoms with van der Waals surface area (Å²) in [7, 11) is 0. The molecule has 0 amide bonds. The first-order chi connectivity index (χ1) is 6.74. The molecular weight excluding hydrogens is 304 g/mol. The molecule has 0 nitrogen and oxygen atoms in total. The van der Waals surface area contributed by atoms with Gasteiger partial charge in [-0.05, 0) is 61.9 Å². The summed E-state index contributed by atoms with van der Waals surface area (Å²) in [5.41, 5.74) is 2.60. The average Bonchev–Trinajstić information content (AvgIpc) is 2.16. The van der Waals surface area contributed by atoms with Crippen LogP contribution >= 0.6 is 31.9 Å². The largest absolute Gasteiger partial charge is 0.103 e. The lowest BCUT2D eigenvalue weighted by atomic mass is 10.0. The molecule has 0 aromatic heterocycles. The molecule has 0 atom stereocenters. The fourth-order valence-corrected chi connectivity index (χ4v) is 1.77. The third-order valence-electron chi connectivity index (χ3n) is 1.94. The fourth-order valence-electron chi connectivity index (χ4n) is 1.28. The van der Waals surface area contributed by atoms with Crippen molar-refractivity contribution in [3.8, 4) is 0 Å². The van der Waals surface area contributed by atoms with Crippen LogP contribution in [0.1, 0.15) is 17.5 Å². The molecule has 1 aromatic carbocycles. The van der Waals surface area contributed by atoms with Gasteiger partial charge in [-0.25, -0.2) is 0 Å². The predicted octanol–water partition coefficient (Wildman–Crippen LogP) is 4.89. The smallest absolute Gasteiger partial charge is 0.0610 e. The quantitative estimate of drug-likeness (QED) is 0.694. The van der Waals surface area contributed by atoms with Crippen LogP contribution < -0.4 is 0 Å². The zero-order valence-electron chi connectivity index (χ0n) is 7.84. The Kier molecular flexibility index (Phi) is 5.20. The molecule has 0 aliphatic carbocycles. The van der Waals surface area contributed by atoms with Crippen LogP contribution in [0.25, 0.3) is 6.08 Å². The molecule has 74 valence electrons. The number of benzene rings is 1. The molecule has 0 bridgehead atoms. The van der Waals surface area contributed by atoms with Gasteiger partial charge in [-0.15, -0.1) is 6.58 Å². The van der Waals surface area contributed by atoms with E-state index in [1.54, 1.807) is 0 Å². The van der Waals surface area contributed by atoms with Crippen molar-refractivity contribution in [2.75, 3.05) is 0 Å². The molecule has 0 aliphatic heterocycles. The van der Waals surface area contributed by atoms with Crippen molar-refractivity contribution in [1.29, 1.82) is 0 Å². The van der Waals surface area contributed by atoms with Crippen molar-refractivity contribution in [3.63, 3.8) is 0 Å². The minimum absolute atomic E-state index is 0.969. The highest BCUT2D eigenvalue weighted by atomic mass is 79.9. The van der Waals surface area contributed by atoms with Crippen LogP contribution in [0.3, 0.4) is 0 Å². The van der Waals surface area contributed by atoms with Crippen LogP contribution in [-0.2, 0) is 6.42 Å². The maximum atomic E-state index is 3.73. The maximum absolute atomic E-state index is 3.73. The molecular formula is C12H12Br2. The Morgan fingerprint density at radius 2 is 2.00 bits per heavy atom. The van der Waals surface area contributed by atoms with E-state index in [2.05, 4.69) is 62.7 Å². The first-order valence-electron chi connectivity index (χ1n) is 4.45. The van der Waals surface area contributed by atoms with Gasteiger partial charge in [0.15, 0.2) is 0 Å². The topological polar surface area (TPSA) is 0 Å². The van der Waals surface area contributed by atoms with E-state index >= 15 is 0 Å². The average molecular weight is 316 g/mol. The zero-order chi connectivity index (χ0) is 10.4. The number of aryl methyl sites for hydroxylation is 1. The molecule has 0 radical (unpaired) electrons. The minimum atomic E-state index is 0.969. The van der Waals surface area contributed by atoms with Crippen molar-refractivity contribution in [2.24, 2.45) is 0 Å². The monoisotopic (exact) mass is 314 g/mol. The molecule has 0 heterocycles. The van der Waals surface area contributed by atoms with E-state index in [1.807, 2.05) is 12.1 Å². The molecule has 0 unspecified atom stereocenters. The second-order valence-electron chi connectivity index (χ2n) is 2.96. The van der Waals surface area contributed by atoms with Gasteiger partial charge in [0.25, 0.3) is 0 Å². The standard InChI is InChI=1S/C12H12Br2/c1-2-3-6-10-7-4-5-8-11(10)9-12(13)14/h2,4-5,7-9H,1,3,6H2. The van der Waals surface area contributed by atoms with Gasteiger partial charge in [0.2, 0.25) is 0 Å². The molecule has 0 aliphatic rings. The third kappa shape index (κ3) is 3.81. The van der Waals surface area contributed by atoms with Crippen molar-refractivity contribution < 1.29 is 0 Å². The van der Waals surface area contributed by atoms with Crippen molar-refractivity contribution in [2.45, 2.75) is 12.8 Å². The number of allylic oxidation sites excluding steroid dienone is 1. The summed E-state index contributed by atoms with van der Waals surface area (Å²) in [6.45, 7) is 3.73. The Morgan fingerprint density at radius 3 is 2.64 bits per heavy atom. The van der Waals surface area contributed by atoms with Gasteiger partial charge >= 0.3 is 0 Å². The molecule has 0 saturated carbocycles. The van der Waals surface area contributed by atoms with Crippen LogP contribution in [0, 0.1) is 0 Å².